The van der Waals surface area contributed by atoms with Crippen molar-refractivity contribution in [3.05, 3.63) is 77.7 Å². The molecule has 0 atom stereocenters. The number of aromatic nitrogens is 3. The number of pyridine rings is 1. The van der Waals surface area contributed by atoms with Gasteiger partial charge in [-0.2, -0.15) is 26.3 Å². The first-order valence-corrected chi connectivity index (χ1v) is 10.8. The topological polar surface area (TPSA) is 77.0 Å². The van der Waals surface area contributed by atoms with Crippen LogP contribution in [0.4, 0.5) is 37.8 Å². The Morgan fingerprint density at radius 3 is 2.32 bits per heavy atom. The van der Waals surface area contributed by atoms with Gasteiger partial charge in [-0.05, 0) is 48.5 Å². The first kappa shape index (κ1) is 25.9. The van der Waals surface area contributed by atoms with Crippen LogP contribution in [0.3, 0.4) is 0 Å². The maximum absolute atomic E-state index is 13.5. The predicted octanol–water partition coefficient (Wildman–Crippen LogP) is 6.58. The Labute approximate surface area is 206 Å². The fourth-order valence-corrected chi connectivity index (χ4v) is 3.59. The van der Waals surface area contributed by atoms with Gasteiger partial charge in [0.1, 0.15) is 11.6 Å². The van der Waals surface area contributed by atoms with E-state index < -0.39 is 29.4 Å². The maximum Gasteiger partial charge on any atom is 0.418 e. The van der Waals surface area contributed by atoms with Crippen LogP contribution in [0.25, 0.3) is 22.2 Å². The van der Waals surface area contributed by atoms with E-state index in [-0.39, 0.29) is 41.3 Å². The van der Waals surface area contributed by atoms with E-state index in [0.717, 1.165) is 18.2 Å². The highest BCUT2D eigenvalue weighted by Crippen LogP contribution is 2.37. The third kappa shape index (κ3) is 5.96. The summed E-state index contributed by atoms with van der Waals surface area (Å²) < 4.78 is 84.0. The number of hydrogen-bond acceptors (Lipinski definition) is 6. The van der Waals surface area contributed by atoms with E-state index in [9.17, 15) is 31.1 Å². The summed E-state index contributed by atoms with van der Waals surface area (Å²) in [6.45, 7) is 0. The Kier molecular flexibility index (Phi) is 7.01. The molecular weight excluding hydrogens is 502 g/mol. The van der Waals surface area contributed by atoms with Gasteiger partial charge in [0, 0.05) is 29.3 Å². The second-order valence-corrected chi connectivity index (χ2v) is 7.89. The molecule has 0 aliphatic carbocycles. The summed E-state index contributed by atoms with van der Waals surface area (Å²) in [6.07, 6.45) is -7.89. The lowest BCUT2D eigenvalue weighted by Gasteiger charge is -2.14. The van der Waals surface area contributed by atoms with Crippen molar-refractivity contribution in [2.45, 2.75) is 25.2 Å². The highest BCUT2D eigenvalue weighted by Gasteiger charge is 2.34. The number of anilines is 2. The zero-order chi connectivity index (χ0) is 26.8. The zero-order valence-corrected chi connectivity index (χ0v) is 19.1. The Balaban J connectivity index is 1.79. The highest BCUT2D eigenvalue weighted by atomic mass is 19.4. The van der Waals surface area contributed by atoms with Crippen molar-refractivity contribution in [3.8, 4) is 11.3 Å². The summed E-state index contributed by atoms with van der Waals surface area (Å²) in [4.78, 5) is 24.3. The molecule has 0 radical (unpaired) electrons. The van der Waals surface area contributed by atoms with Crippen LogP contribution in [0.2, 0.25) is 0 Å². The molecule has 4 rings (SSSR count). The minimum absolute atomic E-state index is 0.0557. The van der Waals surface area contributed by atoms with Gasteiger partial charge in [-0.1, -0.05) is 6.07 Å². The van der Waals surface area contributed by atoms with E-state index in [4.69, 9.17) is 0 Å². The number of benzene rings is 2. The first-order valence-electron chi connectivity index (χ1n) is 10.8. The van der Waals surface area contributed by atoms with Gasteiger partial charge in [0.25, 0.3) is 0 Å². The minimum atomic E-state index is -4.63. The minimum Gasteiger partial charge on any atom is -0.469 e. The van der Waals surface area contributed by atoms with Gasteiger partial charge in [-0.3, -0.25) is 9.78 Å². The Hall–Kier alpha value is -4.22. The first-order chi connectivity index (χ1) is 17.5. The molecule has 12 heteroatoms. The fourth-order valence-electron chi connectivity index (χ4n) is 3.59. The van der Waals surface area contributed by atoms with Crippen LogP contribution in [0.15, 0.2) is 60.8 Å². The molecule has 2 aromatic carbocycles. The molecule has 0 saturated carbocycles. The van der Waals surface area contributed by atoms with Crippen molar-refractivity contribution in [2.75, 3.05) is 12.4 Å². The lowest BCUT2D eigenvalue weighted by Crippen LogP contribution is -2.09. The number of methoxy groups -OCH3 is 1. The number of halogens is 6. The molecule has 6 nitrogen and oxygen atoms in total. The van der Waals surface area contributed by atoms with Gasteiger partial charge in [0.2, 0.25) is 0 Å². The number of carbonyl (C=O) groups is 1. The van der Waals surface area contributed by atoms with Crippen LogP contribution >= 0.6 is 0 Å². The third-order valence-electron chi connectivity index (χ3n) is 5.39. The Morgan fingerprint density at radius 2 is 1.68 bits per heavy atom. The molecule has 0 bridgehead atoms. The zero-order valence-electron chi connectivity index (χ0n) is 19.1. The largest absolute Gasteiger partial charge is 0.469 e. The number of rotatable bonds is 6. The molecule has 0 amide bonds. The molecule has 1 N–H and O–H groups in total. The summed E-state index contributed by atoms with van der Waals surface area (Å²) in [5.74, 6) is -0.132. The van der Waals surface area contributed by atoms with Gasteiger partial charge >= 0.3 is 18.3 Å². The number of nitrogens with zero attached hydrogens (tertiary/aromatic N) is 3. The van der Waals surface area contributed by atoms with Crippen molar-refractivity contribution < 1.29 is 35.9 Å². The molecule has 4 aromatic rings. The van der Waals surface area contributed by atoms with E-state index >= 15 is 0 Å². The number of ether oxygens (including phenoxy) is 1. The number of alkyl halides is 6. The van der Waals surface area contributed by atoms with Crippen LogP contribution in [0, 0.1) is 0 Å². The molecule has 0 fully saturated rings. The molecule has 2 heterocycles. The van der Waals surface area contributed by atoms with Gasteiger partial charge < -0.3 is 10.1 Å². The molecule has 0 spiro atoms. The average molecular weight is 520 g/mol. The smallest absolute Gasteiger partial charge is 0.418 e. The van der Waals surface area contributed by atoms with Crippen molar-refractivity contribution in [3.63, 3.8) is 0 Å². The van der Waals surface area contributed by atoms with Crippen molar-refractivity contribution in [1.29, 1.82) is 0 Å². The molecular formula is C25H18F6N4O2. The van der Waals surface area contributed by atoms with E-state index in [1.54, 1.807) is 0 Å². The van der Waals surface area contributed by atoms with E-state index in [1.807, 2.05) is 0 Å². The van der Waals surface area contributed by atoms with Gasteiger partial charge in [0.15, 0.2) is 0 Å². The second kappa shape index (κ2) is 10.0. The highest BCUT2D eigenvalue weighted by molar-refractivity contribution is 5.93. The maximum atomic E-state index is 13.5. The van der Waals surface area contributed by atoms with Crippen LogP contribution < -0.4 is 5.32 Å². The third-order valence-corrected chi connectivity index (χ3v) is 5.39. The van der Waals surface area contributed by atoms with Gasteiger partial charge in [-0.25, -0.2) is 9.97 Å². The van der Waals surface area contributed by atoms with E-state index in [2.05, 4.69) is 25.0 Å². The SMILES string of the molecule is COC(=O)CCc1nc(Nc2ccc(C(F)(F)F)cc2)c2ccc(-c3ncccc3C(F)(F)F)cc2n1. The van der Waals surface area contributed by atoms with E-state index in [0.29, 0.717) is 11.1 Å². The summed E-state index contributed by atoms with van der Waals surface area (Å²) in [7, 11) is 1.22. The van der Waals surface area contributed by atoms with E-state index in [1.165, 1.54) is 49.7 Å². The lowest BCUT2D eigenvalue weighted by atomic mass is 10.0. The number of esters is 1. The summed E-state index contributed by atoms with van der Waals surface area (Å²) in [5.41, 5.74) is -1.34. The van der Waals surface area contributed by atoms with Crippen LogP contribution in [0.1, 0.15) is 23.4 Å². The molecule has 2 aromatic heterocycles. The van der Waals surface area contributed by atoms with Gasteiger partial charge in [-0.15, -0.1) is 0 Å². The van der Waals surface area contributed by atoms with Crippen LogP contribution in [-0.4, -0.2) is 28.0 Å². The molecule has 0 saturated heterocycles. The molecule has 37 heavy (non-hydrogen) atoms. The monoisotopic (exact) mass is 520 g/mol. The second-order valence-electron chi connectivity index (χ2n) is 7.89. The molecule has 0 unspecified atom stereocenters. The molecule has 0 aliphatic rings. The van der Waals surface area contributed by atoms with Crippen molar-refractivity contribution in [1.82, 2.24) is 15.0 Å². The fraction of sp³-hybridized carbons (Fsp3) is 0.200. The summed E-state index contributed by atoms with van der Waals surface area (Å²) in [6, 6.07) is 10.7. The van der Waals surface area contributed by atoms with Crippen molar-refractivity contribution in [2.24, 2.45) is 0 Å². The normalized spacial score (nSPS) is 12.0. The van der Waals surface area contributed by atoms with Gasteiger partial charge in [0.05, 0.1) is 35.9 Å². The summed E-state index contributed by atoms with van der Waals surface area (Å²) in [5, 5.41) is 3.33. The number of nitrogens with one attached hydrogen (secondary N) is 1. The number of hydrogen-bond donors (Lipinski definition) is 1. The lowest BCUT2D eigenvalue weighted by molar-refractivity contribution is -0.140. The quantitative estimate of drug-likeness (QED) is 0.229. The molecule has 192 valence electrons. The summed E-state index contributed by atoms with van der Waals surface area (Å²) >= 11 is 0. The van der Waals surface area contributed by atoms with Crippen molar-refractivity contribution >= 4 is 28.4 Å². The average Bonchev–Trinajstić information content (AvgIpc) is 2.86. The standard InChI is InChI=1S/C25H18F6N4O2/c1-37-21(36)11-10-20-34-19-13-14(22-18(25(29,30)31)3-2-12-32-22)4-9-17(19)23(35-20)33-16-7-5-15(6-8-16)24(26,27)28/h2-9,12-13H,10-11H2,1H3,(H,33,34,35). The van der Waals surface area contributed by atoms with Crippen LogP contribution in [0.5, 0.6) is 0 Å². The number of carbonyl (C=O) groups excluding carboxylic acids is 1. The molecule has 0 aliphatic heterocycles. The predicted molar refractivity (Wildman–Crippen MR) is 123 cm³/mol. The Bertz CT molecular complexity index is 1440. The number of aryl methyl sites for hydroxylation is 1. The number of fused-ring (bicyclic) bond motifs is 1. The van der Waals surface area contributed by atoms with Crippen LogP contribution in [-0.2, 0) is 28.3 Å². The Morgan fingerprint density at radius 1 is 0.946 bits per heavy atom.